The highest BCUT2D eigenvalue weighted by Crippen LogP contribution is 2.34. The van der Waals surface area contributed by atoms with Gasteiger partial charge in [0.25, 0.3) is 0 Å². The first-order chi connectivity index (χ1) is 15.2. The summed E-state index contributed by atoms with van der Waals surface area (Å²) in [7, 11) is 3.05. The Morgan fingerprint density at radius 2 is 1.78 bits per heavy atom. The maximum Gasteiger partial charge on any atom is 0.410 e. The Hall–Kier alpha value is -2.44. The van der Waals surface area contributed by atoms with Crippen molar-refractivity contribution in [3.63, 3.8) is 0 Å². The first-order valence-electron chi connectivity index (χ1n) is 11.6. The number of carbonyl (C=O) groups is 2. The van der Waals surface area contributed by atoms with Crippen LogP contribution in [0, 0.1) is 11.8 Å². The van der Waals surface area contributed by atoms with Gasteiger partial charge in [0.05, 0.1) is 26.2 Å². The van der Waals surface area contributed by atoms with E-state index in [1.54, 1.807) is 12.0 Å². The van der Waals surface area contributed by atoms with Gasteiger partial charge in [0.1, 0.15) is 5.60 Å². The molecule has 2 fully saturated rings. The fourth-order valence-corrected chi connectivity index (χ4v) is 4.56. The van der Waals surface area contributed by atoms with Crippen LogP contribution in [0.15, 0.2) is 18.2 Å². The van der Waals surface area contributed by atoms with Crippen molar-refractivity contribution in [1.29, 1.82) is 0 Å². The standard InChI is InChI=1S/C25H37NO6/c1-25(2,3)32-24(28)26-15-18(20(16-26)23(27)30-5)12-10-17-11-13-21(29-4)22(14-17)31-19-8-6-7-9-19/h11,13-14,18-20H,6-10,12,15-16H2,1-5H3. The maximum absolute atomic E-state index is 12.5. The molecule has 7 heteroatoms. The van der Waals surface area contributed by atoms with Crippen molar-refractivity contribution in [2.45, 2.75) is 71.0 Å². The Bertz CT molecular complexity index is 796. The van der Waals surface area contributed by atoms with Gasteiger partial charge in [-0.05, 0) is 82.9 Å². The number of benzene rings is 1. The second-order valence-corrected chi connectivity index (χ2v) is 9.82. The summed E-state index contributed by atoms with van der Waals surface area (Å²) < 4.78 is 22.2. The molecule has 1 saturated heterocycles. The zero-order valence-corrected chi connectivity index (χ0v) is 20.0. The summed E-state index contributed by atoms with van der Waals surface area (Å²) in [6, 6.07) is 6.03. The smallest absolute Gasteiger partial charge is 0.410 e. The van der Waals surface area contributed by atoms with Crippen LogP contribution in [0.2, 0.25) is 0 Å². The zero-order valence-electron chi connectivity index (χ0n) is 20.0. The third-order valence-corrected chi connectivity index (χ3v) is 6.22. The normalized spacial score (nSPS) is 21.5. The van der Waals surface area contributed by atoms with Gasteiger partial charge in [-0.3, -0.25) is 4.79 Å². The highest BCUT2D eigenvalue weighted by atomic mass is 16.6. The van der Waals surface area contributed by atoms with Crippen LogP contribution in [0.25, 0.3) is 0 Å². The summed E-state index contributed by atoms with van der Waals surface area (Å²) in [5, 5.41) is 0. The van der Waals surface area contributed by atoms with Crippen molar-refractivity contribution in [2.24, 2.45) is 11.8 Å². The summed E-state index contributed by atoms with van der Waals surface area (Å²) in [6.07, 6.45) is 5.97. The van der Waals surface area contributed by atoms with Crippen molar-refractivity contribution >= 4 is 12.1 Å². The van der Waals surface area contributed by atoms with Crippen molar-refractivity contribution in [1.82, 2.24) is 4.90 Å². The van der Waals surface area contributed by atoms with Gasteiger partial charge in [-0.2, -0.15) is 0 Å². The first kappa shape index (κ1) is 24.2. The molecule has 0 bridgehead atoms. The molecule has 178 valence electrons. The fourth-order valence-electron chi connectivity index (χ4n) is 4.56. The van der Waals surface area contributed by atoms with Gasteiger partial charge >= 0.3 is 12.1 Å². The number of carbonyl (C=O) groups excluding carboxylic acids is 2. The molecule has 0 spiro atoms. The summed E-state index contributed by atoms with van der Waals surface area (Å²) in [5.74, 6) is 0.908. The molecule has 1 aromatic carbocycles. The number of hydrogen-bond donors (Lipinski definition) is 0. The summed E-state index contributed by atoms with van der Waals surface area (Å²) in [6.45, 7) is 6.32. The molecule has 1 aliphatic carbocycles. The number of rotatable bonds is 7. The van der Waals surface area contributed by atoms with E-state index in [2.05, 4.69) is 0 Å². The van der Waals surface area contributed by atoms with E-state index in [0.29, 0.717) is 13.1 Å². The van der Waals surface area contributed by atoms with E-state index in [1.165, 1.54) is 20.0 Å². The van der Waals surface area contributed by atoms with Gasteiger partial charge in [0.2, 0.25) is 0 Å². The predicted molar refractivity (Wildman–Crippen MR) is 121 cm³/mol. The average Bonchev–Trinajstić information content (AvgIpc) is 3.40. The minimum Gasteiger partial charge on any atom is -0.493 e. The van der Waals surface area contributed by atoms with Crippen molar-refractivity contribution in [3.8, 4) is 11.5 Å². The predicted octanol–water partition coefficient (Wildman–Crippen LogP) is 4.61. The summed E-state index contributed by atoms with van der Waals surface area (Å²) in [5.41, 5.74) is 0.549. The van der Waals surface area contributed by atoms with Crippen LogP contribution in [0.1, 0.15) is 58.4 Å². The molecular weight excluding hydrogens is 410 g/mol. The summed E-state index contributed by atoms with van der Waals surface area (Å²) >= 11 is 0. The first-order valence-corrected chi connectivity index (χ1v) is 11.6. The van der Waals surface area contributed by atoms with Crippen LogP contribution >= 0.6 is 0 Å². The third-order valence-electron chi connectivity index (χ3n) is 6.22. The highest BCUT2D eigenvalue weighted by Gasteiger charge is 2.41. The molecule has 1 aromatic rings. The Morgan fingerprint density at radius 1 is 1.06 bits per heavy atom. The van der Waals surface area contributed by atoms with Crippen LogP contribution in [0.4, 0.5) is 4.79 Å². The maximum atomic E-state index is 12.5. The third kappa shape index (κ3) is 6.30. The second-order valence-electron chi connectivity index (χ2n) is 9.82. The molecule has 1 heterocycles. The van der Waals surface area contributed by atoms with Gasteiger partial charge in [0, 0.05) is 13.1 Å². The number of likely N-dealkylation sites (tertiary alicyclic amines) is 1. The monoisotopic (exact) mass is 447 g/mol. The van der Waals surface area contributed by atoms with Gasteiger partial charge in [-0.1, -0.05) is 6.07 Å². The van der Waals surface area contributed by atoms with Crippen LogP contribution in [0.5, 0.6) is 11.5 Å². The van der Waals surface area contributed by atoms with Gasteiger partial charge in [0.15, 0.2) is 11.5 Å². The number of aryl methyl sites for hydroxylation is 1. The van der Waals surface area contributed by atoms with Crippen molar-refractivity contribution in [2.75, 3.05) is 27.3 Å². The molecule has 2 aliphatic rings. The van der Waals surface area contributed by atoms with Crippen LogP contribution in [0.3, 0.4) is 0 Å². The molecule has 1 aliphatic heterocycles. The molecule has 1 amide bonds. The van der Waals surface area contributed by atoms with E-state index >= 15 is 0 Å². The van der Waals surface area contributed by atoms with Gasteiger partial charge < -0.3 is 23.8 Å². The summed E-state index contributed by atoms with van der Waals surface area (Å²) in [4.78, 5) is 26.5. The Labute approximate surface area is 191 Å². The Kier molecular flexibility index (Phi) is 7.91. The molecule has 3 rings (SSSR count). The van der Waals surface area contributed by atoms with E-state index < -0.39 is 5.60 Å². The lowest BCUT2D eigenvalue weighted by atomic mass is 9.90. The van der Waals surface area contributed by atoms with Crippen molar-refractivity contribution in [3.05, 3.63) is 23.8 Å². The van der Waals surface area contributed by atoms with Crippen LogP contribution in [-0.4, -0.2) is 56.0 Å². The minimum atomic E-state index is -0.575. The fraction of sp³-hybridized carbons (Fsp3) is 0.680. The zero-order chi connectivity index (χ0) is 23.3. The second kappa shape index (κ2) is 10.5. The number of methoxy groups -OCH3 is 2. The SMILES string of the molecule is COC(=O)C1CN(C(=O)OC(C)(C)C)CC1CCc1ccc(OC)c(OC2CCCC2)c1. The lowest BCUT2D eigenvalue weighted by Gasteiger charge is -2.24. The minimum absolute atomic E-state index is 0.0104. The van der Waals surface area contributed by atoms with Crippen LogP contribution < -0.4 is 9.47 Å². The number of ether oxygens (including phenoxy) is 4. The molecule has 0 aromatic heterocycles. The van der Waals surface area contributed by atoms with E-state index in [0.717, 1.165) is 42.7 Å². The van der Waals surface area contributed by atoms with E-state index in [1.807, 2.05) is 39.0 Å². The van der Waals surface area contributed by atoms with Crippen molar-refractivity contribution < 1.29 is 28.5 Å². The number of amides is 1. The van der Waals surface area contributed by atoms with Gasteiger partial charge in [-0.25, -0.2) is 4.79 Å². The van der Waals surface area contributed by atoms with Crippen LogP contribution in [-0.2, 0) is 20.7 Å². The number of esters is 1. The van der Waals surface area contributed by atoms with Gasteiger partial charge in [-0.15, -0.1) is 0 Å². The lowest BCUT2D eigenvalue weighted by molar-refractivity contribution is -0.146. The quantitative estimate of drug-likeness (QED) is 0.569. The molecule has 2 unspecified atom stereocenters. The molecule has 0 radical (unpaired) electrons. The number of nitrogens with zero attached hydrogens (tertiary/aromatic N) is 1. The molecule has 32 heavy (non-hydrogen) atoms. The largest absolute Gasteiger partial charge is 0.493 e. The molecule has 7 nitrogen and oxygen atoms in total. The molecular formula is C25H37NO6. The van der Waals surface area contributed by atoms with E-state index in [9.17, 15) is 9.59 Å². The molecule has 1 saturated carbocycles. The average molecular weight is 448 g/mol. The Morgan fingerprint density at radius 3 is 2.41 bits per heavy atom. The molecule has 0 N–H and O–H groups in total. The molecule has 2 atom stereocenters. The van der Waals surface area contributed by atoms with E-state index in [4.69, 9.17) is 18.9 Å². The number of hydrogen-bond acceptors (Lipinski definition) is 6. The van der Waals surface area contributed by atoms with E-state index in [-0.39, 0.29) is 30.0 Å². The Balaban J connectivity index is 1.66. The topological polar surface area (TPSA) is 74.3 Å². The highest BCUT2D eigenvalue weighted by molar-refractivity contribution is 5.76. The lowest BCUT2D eigenvalue weighted by Crippen LogP contribution is -2.36.